The Morgan fingerprint density at radius 1 is 1.08 bits per heavy atom. The number of nitrogens with one attached hydrogen (secondary N) is 2. The first-order valence-corrected chi connectivity index (χ1v) is 7.62. The lowest BCUT2D eigenvalue weighted by molar-refractivity contribution is 0.102. The number of benzene rings is 2. The molecule has 0 radical (unpaired) electrons. The van der Waals surface area contributed by atoms with Gasteiger partial charge >= 0.3 is 6.03 Å². The fraction of sp³-hybridized carbons (Fsp3) is 0.158. The van der Waals surface area contributed by atoms with Gasteiger partial charge in [0.1, 0.15) is 5.75 Å². The van der Waals surface area contributed by atoms with E-state index in [4.69, 9.17) is 4.74 Å². The SMILES string of the molecule is COc1cccc([C@@H]2NC(=O)NC(C)=C2C(=O)c2ccccc2)c1. The van der Waals surface area contributed by atoms with Gasteiger partial charge in [-0.3, -0.25) is 4.79 Å². The van der Waals surface area contributed by atoms with Crippen molar-refractivity contribution < 1.29 is 14.3 Å². The van der Waals surface area contributed by atoms with E-state index in [2.05, 4.69) is 10.6 Å². The molecule has 0 bridgehead atoms. The van der Waals surface area contributed by atoms with Crippen LogP contribution in [0.1, 0.15) is 28.9 Å². The maximum Gasteiger partial charge on any atom is 0.319 e. The number of Topliss-reactive ketones (excluding diaryl/α,β-unsaturated/α-hetero) is 1. The zero-order chi connectivity index (χ0) is 17.1. The van der Waals surface area contributed by atoms with Gasteiger partial charge in [-0.25, -0.2) is 4.79 Å². The zero-order valence-corrected chi connectivity index (χ0v) is 13.5. The number of amides is 2. The second-order valence-electron chi connectivity index (χ2n) is 5.54. The Balaban J connectivity index is 2.07. The summed E-state index contributed by atoms with van der Waals surface area (Å²) in [6.45, 7) is 1.74. The molecule has 5 nitrogen and oxygen atoms in total. The summed E-state index contributed by atoms with van der Waals surface area (Å²) in [5.74, 6) is 0.554. The van der Waals surface area contributed by atoms with Gasteiger partial charge in [-0.1, -0.05) is 42.5 Å². The summed E-state index contributed by atoms with van der Waals surface area (Å²) in [6.07, 6.45) is 0. The molecule has 24 heavy (non-hydrogen) atoms. The molecule has 0 aliphatic carbocycles. The number of carbonyl (C=O) groups is 2. The highest BCUT2D eigenvalue weighted by Gasteiger charge is 2.31. The molecular weight excluding hydrogens is 304 g/mol. The second-order valence-corrected chi connectivity index (χ2v) is 5.54. The van der Waals surface area contributed by atoms with Gasteiger partial charge in [0.05, 0.1) is 13.2 Å². The molecule has 1 atom stereocenters. The third-order valence-electron chi connectivity index (χ3n) is 3.98. The van der Waals surface area contributed by atoms with E-state index >= 15 is 0 Å². The summed E-state index contributed by atoms with van der Waals surface area (Å²) in [4.78, 5) is 24.9. The number of ether oxygens (including phenoxy) is 1. The van der Waals surface area contributed by atoms with Crippen molar-refractivity contribution in [3.05, 3.63) is 77.0 Å². The van der Waals surface area contributed by atoms with Crippen molar-refractivity contribution in [2.75, 3.05) is 7.11 Å². The Labute approximate surface area is 140 Å². The number of methoxy groups -OCH3 is 1. The summed E-state index contributed by atoms with van der Waals surface area (Å²) in [5.41, 5.74) is 2.45. The lowest BCUT2D eigenvalue weighted by atomic mass is 9.89. The van der Waals surface area contributed by atoms with Gasteiger partial charge in [-0.15, -0.1) is 0 Å². The van der Waals surface area contributed by atoms with Crippen LogP contribution in [0.4, 0.5) is 4.79 Å². The molecule has 2 aromatic carbocycles. The first-order valence-electron chi connectivity index (χ1n) is 7.62. The molecule has 1 aliphatic heterocycles. The Kier molecular flexibility index (Phi) is 4.33. The smallest absolute Gasteiger partial charge is 0.319 e. The normalized spacial score (nSPS) is 17.1. The fourth-order valence-corrected chi connectivity index (χ4v) is 2.81. The molecule has 0 unspecified atom stereocenters. The van der Waals surface area contributed by atoms with Gasteiger partial charge in [0, 0.05) is 16.8 Å². The van der Waals surface area contributed by atoms with E-state index in [0.29, 0.717) is 22.6 Å². The summed E-state index contributed by atoms with van der Waals surface area (Å²) in [7, 11) is 1.58. The first-order chi connectivity index (χ1) is 11.6. The van der Waals surface area contributed by atoms with Crippen LogP contribution in [0, 0.1) is 0 Å². The van der Waals surface area contributed by atoms with Crippen LogP contribution in [0.15, 0.2) is 65.9 Å². The second kappa shape index (κ2) is 6.58. The zero-order valence-electron chi connectivity index (χ0n) is 13.5. The van der Waals surface area contributed by atoms with Crippen LogP contribution in [0.2, 0.25) is 0 Å². The lowest BCUT2D eigenvalue weighted by Gasteiger charge is -2.28. The van der Waals surface area contributed by atoms with E-state index in [9.17, 15) is 9.59 Å². The van der Waals surface area contributed by atoms with Gasteiger partial charge in [0.2, 0.25) is 0 Å². The van der Waals surface area contributed by atoms with Gasteiger partial charge in [0.25, 0.3) is 0 Å². The minimum absolute atomic E-state index is 0.117. The van der Waals surface area contributed by atoms with E-state index < -0.39 is 6.04 Å². The number of rotatable bonds is 4. The Hall–Kier alpha value is -3.08. The topological polar surface area (TPSA) is 67.4 Å². The highest BCUT2D eigenvalue weighted by atomic mass is 16.5. The molecule has 3 rings (SSSR count). The van der Waals surface area contributed by atoms with Crippen molar-refractivity contribution in [3.8, 4) is 5.75 Å². The van der Waals surface area contributed by atoms with Crippen molar-refractivity contribution in [2.24, 2.45) is 0 Å². The maximum absolute atomic E-state index is 13.0. The van der Waals surface area contributed by atoms with E-state index in [1.807, 2.05) is 42.5 Å². The van der Waals surface area contributed by atoms with Gasteiger partial charge in [0.15, 0.2) is 5.78 Å². The first kappa shape index (κ1) is 15.8. The summed E-state index contributed by atoms with van der Waals surface area (Å²) in [6, 6.07) is 15.5. The Bertz CT molecular complexity index is 812. The van der Waals surface area contributed by atoms with E-state index in [1.165, 1.54) is 0 Å². The largest absolute Gasteiger partial charge is 0.497 e. The number of hydrogen-bond acceptors (Lipinski definition) is 3. The van der Waals surface area contributed by atoms with Gasteiger partial charge in [-0.2, -0.15) is 0 Å². The van der Waals surface area contributed by atoms with Crippen LogP contribution in [0.5, 0.6) is 5.75 Å². The molecule has 2 amide bonds. The molecular formula is C19H18N2O3. The fourth-order valence-electron chi connectivity index (χ4n) is 2.81. The Morgan fingerprint density at radius 2 is 1.83 bits per heavy atom. The van der Waals surface area contributed by atoms with Crippen molar-refractivity contribution >= 4 is 11.8 Å². The quantitative estimate of drug-likeness (QED) is 0.849. The van der Waals surface area contributed by atoms with E-state index in [-0.39, 0.29) is 11.8 Å². The van der Waals surface area contributed by atoms with Gasteiger partial charge in [-0.05, 0) is 24.6 Å². The monoisotopic (exact) mass is 322 g/mol. The average molecular weight is 322 g/mol. The lowest BCUT2D eigenvalue weighted by Crippen LogP contribution is -2.45. The molecule has 0 aromatic heterocycles. The van der Waals surface area contributed by atoms with E-state index in [0.717, 1.165) is 5.56 Å². The standard InChI is InChI=1S/C19H18N2O3/c1-12-16(18(22)13-7-4-3-5-8-13)17(21-19(23)20-12)14-9-6-10-15(11-14)24-2/h3-11,17H,1-2H3,(H2,20,21,23)/t17-/m0/s1. The highest BCUT2D eigenvalue weighted by molar-refractivity contribution is 6.11. The predicted molar refractivity (Wildman–Crippen MR) is 90.9 cm³/mol. The van der Waals surface area contributed by atoms with Gasteiger partial charge < -0.3 is 15.4 Å². The molecule has 1 aliphatic rings. The molecule has 2 N–H and O–H groups in total. The number of ketones is 1. The van der Waals surface area contributed by atoms with Crippen molar-refractivity contribution in [2.45, 2.75) is 13.0 Å². The summed E-state index contributed by atoms with van der Waals surface area (Å²) < 4.78 is 5.25. The molecule has 2 aromatic rings. The minimum Gasteiger partial charge on any atom is -0.497 e. The number of hydrogen-bond donors (Lipinski definition) is 2. The van der Waals surface area contributed by atoms with Crippen molar-refractivity contribution in [3.63, 3.8) is 0 Å². The molecule has 5 heteroatoms. The van der Waals surface area contributed by atoms with Crippen LogP contribution in [-0.4, -0.2) is 18.9 Å². The summed E-state index contributed by atoms with van der Waals surface area (Å²) >= 11 is 0. The van der Waals surface area contributed by atoms with Crippen molar-refractivity contribution in [1.29, 1.82) is 0 Å². The molecule has 0 spiro atoms. The molecule has 122 valence electrons. The molecule has 0 saturated carbocycles. The number of allylic oxidation sites excluding steroid dienone is 1. The number of carbonyl (C=O) groups excluding carboxylic acids is 2. The Morgan fingerprint density at radius 3 is 2.54 bits per heavy atom. The van der Waals surface area contributed by atoms with Crippen LogP contribution in [0.25, 0.3) is 0 Å². The minimum atomic E-state index is -0.526. The average Bonchev–Trinajstić information content (AvgIpc) is 2.61. The van der Waals surface area contributed by atoms with Crippen LogP contribution in [0.3, 0.4) is 0 Å². The van der Waals surface area contributed by atoms with E-state index in [1.54, 1.807) is 26.2 Å². The van der Waals surface area contributed by atoms with Crippen LogP contribution < -0.4 is 15.4 Å². The third kappa shape index (κ3) is 3.01. The molecule has 0 fully saturated rings. The van der Waals surface area contributed by atoms with Crippen molar-refractivity contribution in [1.82, 2.24) is 10.6 Å². The number of urea groups is 1. The molecule has 1 heterocycles. The summed E-state index contributed by atoms with van der Waals surface area (Å²) in [5, 5.41) is 5.52. The third-order valence-corrected chi connectivity index (χ3v) is 3.98. The predicted octanol–water partition coefficient (Wildman–Crippen LogP) is 3.21. The van der Waals surface area contributed by atoms with Crippen LogP contribution >= 0.6 is 0 Å². The molecule has 0 saturated heterocycles. The van der Waals surface area contributed by atoms with Crippen LogP contribution in [-0.2, 0) is 0 Å². The maximum atomic E-state index is 13.0. The highest BCUT2D eigenvalue weighted by Crippen LogP contribution is 2.31.